The first-order chi connectivity index (χ1) is 14.3. The summed E-state index contributed by atoms with van der Waals surface area (Å²) in [7, 11) is 0. The predicted octanol–water partition coefficient (Wildman–Crippen LogP) is 5.50. The number of unbranched alkanes of at least 4 members (excludes halogenated alkanes) is 3. The van der Waals surface area contributed by atoms with E-state index < -0.39 is 5.97 Å². The third-order valence-electron chi connectivity index (χ3n) is 4.58. The van der Waals surface area contributed by atoms with Gasteiger partial charge in [0, 0.05) is 6.61 Å². The molecule has 0 aliphatic heterocycles. The second kappa shape index (κ2) is 11.0. The van der Waals surface area contributed by atoms with Crippen molar-refractivity contribution in [3.8, 4) is 22.6 Å². The van der Waals surface area contributed by atoms with Crippen LogP contribution in [0.3, 0.4) is 0 Å². The number of ether oxygens (including phenoxy) is 2. The van der Waals surface area contributed by atoms with Gasteiger partial charge in [-0.2, -0.15) is 0 Å². The fourth-order valence-corrected chi connectivity index (χ4v) is 2.96. The number of rotatable bonds is 10. The number of aliphatic hydroxyl groups excluding tert-OH is 1. The number of aliphatic hydroxyl groups is 1. The van der Waals surface area contributed by atoms with E-state index in [9.17, 15) is 4.79 Å². The van der Waals surface area contributed by atoms with Crippen molar-refractivity contribution in [3.05, 3.63) is 84.4 Å². The topological polar surface area (TPSA) is 55.8 Å². The molecular formula is C25H26O4. The molecule has 0 saturated carbocycles. The van der Waals surface area contributed by atoms with Crippen molar-refractivity contribution in [1.29, 1.82) is 0 Å². The molecule has 3 aromatic carbocycles. The maximum atomic E-state index is 12.4. The summed E-state index contributed by atoms with van der Waals surface area (Å²) < 4.78 is 11.1. The molecule has 0 saturated heterocycles. The van der Waals surface area contributed by atoms with E-state index in [0.717, 1.165) is 42.6 Å². The largest absolute Gasteiger partial charge is 0.494 e. The van der Waals surface area contributed by atoms with Crippen molar-refractivity contribution in [2.24, 2.45) is 0 Å². The molecule has 0 spiro atoms. The zero-order valence-corrected chi connectivity index (χ0v) is 16.4. The van der Waals surface area contributed by atoms with Crippen molar-refractivity contribution >= 4 is 5.97 Å². The van der Waals surface area contributed by atoms with Gasteiger partial charge in [0.2, 0.25) is 0 Å². The lowest BCUT2D eigenvalue weighted by Gasteiger charge is -2.08. The van der Waals surface area contributed by atoms with Crippen LogP contribution in [0.4, 0.5) is 0 Å². The minimum absolute atomic E-state index is 0.246. The summed E-state index contributed by atoms with van der Waals surface area (Å²) in [5.41, 5.74) is 2.67. The quantitative estimate of drug-likeness (QED) is 0.282. The Kier molecular flexibility index (Phi) is 7.84. The maximum Gasteiger partial charge on any atom is 0.343 e. The van der Waals surface area contributed by atoms with E-state index >= 15 is 0 Å². The average molecular weight is 390 g/mol. The van der Waals surface area contributed by atoms with Gasteiger partial charge in [-0.05, 0) is 66.8 Å². The van der Waals surface area contributed by atoms with E-state index in [1.807, 2.05) is 42.5 Å². The van der Waals surface area contributed by atoms with Crippen LogP contribution in [0, 0.1) is 0 Å². The molecular weight excluding hydrogens is 364 g/mol. The van der Waals surface area contributed by atoms with E-state index in [0.29, 0.717) is 17.9 Å². The third-order valence-corrected chi connectivity index (χ3v) is 4.58. The summed E-state index contributed by atoms with van der Waals surface area (Å²) in [6.45, 7) is 0.874. The van der Waals surface area contributed by atoms with Crippen LogP contribution in [0.15, 0.2) is 78.9 Å². The van der Waals surface area contributed by atoms with E-state index in [-0.39, 0.29) is 6.61 Å². The van der Waals surface area contributed by atoms with Gasteiger partial charge in [0.1, 0.15) is 11.5 Å². The van der Waals surface area contributed by atoms with Gasteiger partial charge in [-0.15, -0.1) is 0 Å². The van der Waals surface area contributed by atoms with Crippen LogP contribution in [0.2, 0.25) is 0 Å². The molecule has 29 heavy (non-hydrogen) atoms. The first kappa shape index (κ1) is 20.6. The highest BCUT2D eigenvalue weighted by Crippen LogP contribution is 2.23. The Hall–Kier alpha value is -3.11. The molecule has 0 aliphatic carbocycles. The van der Waals surface area contributed by atoms with Gasteiger partial charge in [-0.1, -0.05) is 48.9 Å². The second-order valence-electron chi connectivity index (χ2n) is 6.79. The molecule has 0 aliphatic rings. The normalized spacial score (nSPS) is 10.5. The summed E-state index contributed by atoms with van der Waals surface area (Å²) in [6.07, 6.45) is 3.83. The minimum atomic E-state index is -0.395. The minimum Gasteiger partial charge on any atom is -0.494 e. The van der Waals surface area contributed by atoms with Crippen molar-refractivity contribution < 1.29 is 19.4 Å². The van der Waals surface area contributed by atoms with Crippen LogP contribution in [-0.4, -0.2) is 24.3 Å². The monoisotopic (exact) mass is 390 g/mol. The summed E-state index contributed by atoms with van der Waals surface area (Å²) in [4.78, 5) is 12.4. The molecule has 0 fully saturated rings. The number of benzene rings is 3. The van der Waals surface area contributed by atoms with E-state index in [1.54, 1.807) is 36.4 Å². The number of hydrogen-bond acceptors (Lipinski definition) is 4. The van der Waals surface area contributed by atoms with Crippen molar-refractivity contribution in [1.82, 2.24) is 0 Å². The molecule has 1 N–H and O–H groups in total. The molecule has 4 heteroatoms. The molecule has 150 valence electrons. The number of carbonyl (C=O) groups is 1. The fourth-order valence-electron chi connectivity index (χ4n) is 2.96. The molecule has 0 atom stereocenters. The molecule has 0 radical (unpaired) electrons. The van der Waals surface area contributed by atoms with Gasteiger partial charge in [0.25, 0.3) is 0 Å². The Bertz CT molecular complexity index is 871. The Morgan fingerprint density at radius 2 is 1.31 bits per heavy atom. The molecule has 0 bridgehead atoms. The SMILES string of the molecule is O=C(Oc1ccc(-c2ccccc2)cc1)c1ccc(OCCCCCCO)cc1. The molecule has 0 aromatic heterocycles. The third kappa shape index (κ3) is 6.47. The van der Waals surface area contributed by atoms with E-state index in [4.69, 9.17) is 14.6 Å². The van der Waals surface area contributed by atoms with Gasteiger partial charge < -0.3 is 14.6 Å². The predicted molar refractivity (Wildman–Crippen MR) is 114 cm³/mol. The number of carbonyl (C=O) groups excluding carboxylic acids is 1. The first-order valence-electron chi connectivity index (χ1n) is 9.97. The van der Waals surface area contributed by atoms with Crippen molar-refractivity contribution in [2.75, 3.05) is 13.2 Å². The van der Waals surface area contributed by atoms with E-state index in [1.165, 1.54) is 0 Å². The van der Waals surface area contributed by atoms with Crippen LogP contribution in [0.1, 0.15) is 36.0 Å². The Morgan fingerprint density at radius 1 is 0.690 bits per heavy atom. The van der Waals surface area contributed by atoms with Crippen molar-refractivity contribution in [3.63, 3.8) is 0 Å². The van der Waals surface area contributed by atoms with Crippen LogP contribution >= 0.6 is 0 Å². The van der Waals surface area contributed by atoms with Gasteiger partial charge in [-0.25, -0.2) is 4.79 Å². The molecule has 3 rings (SSSR count). The summed E-state index contributed by atoms with van der Waals surface area (Å²) in [5, 5.41) is 8.76. The zero-order chi connectivity index (χ0) is 20.3. The summed E-state index contributed by atoms with van der Waals surface area (Å²) >= 11 is 0. The molecule has 0 amide bonds. The van der Waals surface area contributed by atoms with Crippen LogP contribution in [-0.2, 0) is 0 Å². The Labute approximate surface area is 171 Å². The Morgan fingerprint density at radius 3 is 2.00 bits per heavy atom. The highest BCUT2D eigenvalue weighted by Gasteiger charge is 2.09. The molecule has 4 nitrogen and oxygen atoms in total. The van der Waals surface area contributed by atoms with Crippen LogP contribution in [0.5, 0.6) is 11.5 Å². The fraction of sp³-hybridized carbons (Fsp3) is 0.240. The number of hydrogen-bond donors (Lipinski definition) is 1. The van der Waals surface area contributed by atoms with Gasteiger partial charge in [0.15, 0.2) is 0 Å². The maximum absolute atomic E-state index is 12.4. The molecule has 0 unspecified atom stereocenters. The van der Waals surface area contributed by atoms with Gasteiger partial charge in [0.05, 0.1) is 12.2 Å². The lowest BCUT2D eigenvalue weighted by atomic mass is 10.1. The summed E-state index contributed by atoms with van der Waals surface area (Å²) in [6, 6.07) is 24.5. The highest BCUT2D eigenvalue weighted by atomic mass is 16.5. The van der Waals surface area contributed by atoms with Crippen LogP contribution < -0.4 is 9.47 Å². The van der Waals surface area contributed by atoms with Gasteiger partial charge in [-0.3, -0.25) is 0 Å². The van der Waals surface area contributed by atoms with Crippen LogP contribution in [0.25, 0.3) is 11.1 Å². The lowest BCUT2D eigenvalue weighted by Crippen LogP contribution is -2.08. The highest BCUT2D eigenvalue weighted by molar-refractivity contribution is 5.91. The van der Waals surface area contributed by atoms with Crippen molar-refractivity contribution in [2.45, 2.75) is 25.7 Å². The standard InChI is InChI=1S/C25H26O4/c26-18-6-1-2-7-19-28-23-14-12-22(13-15-23)25(27)29-24-16-10-21(11-17-24)20-8-4-3-5-9-20/h3-5,8-17,26H,1-2,6-7,18-19H2. The lowest BCUT2D eigenvalue weighted by molar-refractivity contribution is 0.0734. The molecule has 0 heterocycles. The van der Waals surface area contributed by atoms with E-state index in [2.05, 4.69) is 0 Å². The second-order valence-corrected chi connectivity index (χ2v) is 6.79. The smallest absolute Gasteiger partial charge is 0.343 e. The number of esters is 1. The first-order valence-corrected chi connectivity index (χ1v) is 9.97. The molecule has 3 aromatic rings. The Balaban J connectivity index is 1.49. The summed E-state index contributed by atoms with van der Waals surface area (Å²) in [5.74, 6) is 0.849. The zero-order valence-electron chi connectivity index (χ0n) is 16.4. The van der Waals surface area contributed by atoms with Gasteiger partial charge >= 0.3 is 5.97 Å². The average Bonchev–Trinajstić information content (AvgIpc) is 2.78.